The van der Waals surface area contributed by atoms with E-state index in [4.69, 9.17) is 0 Å². The molecule has 2 saturated heterocycles. The standard InChI is InChI=1S/C17H28N6OS/c1-18-17(20-13-14-3-11-25-12-4-14)23-9-7-22(8-10-23)15-16(24)21(2)6-5-19-15/h5-6,14H,3-4,7-13H2,1-2H3,(H,18,20). The molecule has 1 N–H and O–H groups in total. The van der Waals surface area contributed by atoms with Gasteiger partial charge in [0.2, 0.25) is 0 Å². The Morgan fingerprint density at radius 1 is 1.32 bits per heavy atom. The third kappa shape index (κ3) is 4.48. The first kappa shape index (κ1) is 18.1. The van der Waals surface area contributed by atoms with Crippen molar-refractivity contribution >= 4 is 23.5 Å². The van der Waals surface area contributed by atoms with Crippen LogP contribution < -0.4 is 15.8 Å². The Bertz CT molecular complexity index is 647. The molecule has 0 unspecified atom stereocenters. The molecule has 2 aliphatic heterocycles. The van der Waals surface area contributed by atoms with Gasteiger partial charge in [0.1, 0.15) is 0 Å². The summed E-state index contributed by atoms with van der Waals surface area (Å²) in [4.78, 5) is 25.3. The number of anilines is 1. The molecule has 0 aliphatic carbocycles. The van der Waals surface area contributed by atoms with Gasteiger partial charge >= 0.3 is 0 Å². The van der Waals surface area contributed by atoms with E-state index in [0.717, 1.165) is 44.6 Å². The highest BCUT2D eigenvalue weighted by molar-refractivity contribution is 7.99. The predicted octanol–water partition coefficient (Wildman–Crippen LogP) is 0.621. The number of aryl methyl sites for hydroxylation is 1. The molecule has 0 aromatic carbocycles. The number of aromatic nitrogens is 2. The minimum Gasteiger partial charge on any atom is -0.356 e. The van der Waals surface area contributed by atoms with Crippen LogP contribution in [0.2, 0.25) is 0 Å². The minimum absolute atomic E-state index is 0.0337. The monoisotopic (exact) mass is 364 g/mol. The highest BCUT2D eigenvalue weighted by atomic mass is 32.2. The molecule has 3 rings (SSSR count). The van der Waals surface area contributed by atoms with E-state index in [-0.39, 0.29) is 5.56 Å². The lowest BCUT2D eigenvalue weighted by atomic mass is 10.0. The van der Waals surface area contributed by atoms with Gasteiger partial charge in [-0.1, -0.05) is 0 Å². The summed E-state index contributed by atoms with van der Waals surface area (Å²) >= 11 is 2.06. The van der Waals surface area contributed by atoms with E-state index in [1.165, 1.54) is 24.3 Å². The lowest BCUT2D eigenvalue weighted by molar-refractivity contribution is 0.364. The highest BCUT2D eigenvalue weighted by Gasteiger charge is 2.23. The zero-order valence-corrected chi connectivity index (χ0v) is 16.0. The van der Waals surface area contributed by atoms with E-state index >= 15 is 0 Å². The van der Waals surface area contributed by atoms with E-state index < -0.39 is 0 Å². The summed E-state index contributed by atoms with van der Waals surface area (Å²) in [6.45, 7) is 4.27. The molecule has 0 radical (unpaired) electrons. The molecule has 0 spiro atoms. The van der Waals surface area contributed by atoms with Crippen molar-refractivity contribution in [3.05, 3.63) is 22.7 Å². The molecule has 0 atom stereocenters. The quantitative estimate of drug-likeness (QED) is 0.627. The zero-order chi connectivity index (χ0) is 17.6. The topological polar surface area (TPSA) is 65.8 Å². The van der Waals surface area contributed by atoms with Crippen molar-refractivity contribution in [3.63, 3.8) is 0 Å². The number of thioether (sulfide) groups is 1. The average molecular weight is 365 g/mol. The molecule has 138 valence electrons. The number of rotatable bonds is 3. The van der Waals surface area contributed by atoms with Gasteiger partial charge in [-0.2, -0.15) is 11.8 Å². The summed E-state index contributed by atoms with van der Waals surface area (Å²) in [6.07, 6.45) is 5.97. The Balaban J connectivity index is 1.53. The third-order valence-corrected chi connectivity index (χ3v) is 6.03. The van der Waals surface area contributed by atoms with Crippen LogP contribution in [-0.4, -0.2) is 71.7 Å². The van der Waals surface area contributed by atoms with Gasteiger partial charge < -0.3 is 19.7 Å². The fraction of sp³-hybridized carbons (Fsp3) is 0.706. The van der Waals surface area contributed by atoms with Crippen LogP contribution in [0.5, 0.6) is 0 Å². The number of piperazine rings is 1. The maximum Gasteiger partial charge on any atom is 0.293 e. The maximum atomic E-state index is 12.2. The Morgan fingerprint density at radius 2 is 2.04 bits per heavy atom. The summed E-state index contributed by atoms with van der Waals surface area (Å²) in [5.41, 5.74) is -0.0337. The van der Waals surface area contributed by atoms with Gasteiger partial charge in [0.05, 0.1) is 0 Å². The van der Waals surface area contributed by atoms with Gasteiger partial charge in [0, 0.05) is 59.2 Å². The summed E-state index contributed by atoms with van der Waals surface area (Å²) < 4.78 is 1.58. The lowest BCUT2D eigenvalue weighted by Crippen LogP contribution is -2.54. The third-order valence-electron chi connectivity index (χ3n) is 4.98. The van der Waals surface area contributed by atoms with Crippen LogP contribution in [0.15, 0.2) is 22.2 Å². The van der Waals surface area contributed by atoms with Crippen LogP contribution in [0, 0.1) is 5.92 Å². The second kappa shape index (κ2) is 8.60. The first-order chi connectivity index (χ1) is 12.2. The first-order valence-electron chi connectivity index (χ1n) is 8.99. The van der Waals surface area contributed by atoms with Crippen molar-refractivity contribution in [2.75, 3.05) is 56.2 Å². The fourth-order valence-electron chi connectivity index (χ4n) is 3.35. The molecule has 2 fully saturated rings. The Morgan fingerprint density at radius 3 is 2.72 bits per heavy atom. The van der Waals surface area contributed by atoms with E-state index in [1.807, 2.05) is 7.05 Å². The Labute approximate surface area is 153 Å². The van der Waals surface area contributed by atoms with E-state index in [9.17, 15) is 4.79 Å². The van der Waals surface area contributed by atoms with Gasteiger partial charge in [-0.25, -0.2) is 4.98 Å². The van der Waals surface area contributed by atoms with E-state index in [2.05, 4.69) is 36.9 Å². The lowest BCUT2D eigenvalue weighted by Gasteiger charge is -2.37. The SMILES string of the molecule is CN=C(NCC1CCSCC1)N1CCN(c2nccn(C)c2=O)CC1. The van der Waals surface area contributed by atoms with Gasteiger partial charge in [0.15, 0.2) is 11.8 Å². The number of nitrogens with zero attached hydrogens (tertiary/aromatic N) is 5. The van der Waals surface area contributed by atoms with Crippen LogP contribution in [0.25, 0.3) is 0 Å². The first-order valence-corrected chi connectivity index (χ1v) is 10.1. The van der Waals surface area contributed by atoms with Crippen LogP contribution in [0.4, 0.5) is 5.82 Å². The molecule has 0 amide bonds. The zero-order valence-electron chi connectivity index (χ0n) is 15.1. The van der Waals surface area contributed by atoms with Crippen LogP contribution in [0.1, 0.15) is 12.8 Å². The maximum absolute atomic E-state index is 12.2. The van der Waals surface area contributed by atoms with E-state index in [1.54, 1.807) is 24.0 Å². The summed E-state index contributed by atoms with van der Waals surface area (Å²) in [7, 11) is 3.61. The second-order valence-corrected chi connectivity index (χ2v) is 7.85. The van der Waals surface area contributed by atoms with Crippen LogP contribution >= 0.6 is 11.8 Å². The van der Waals surface area contributed by atoms with Crippen molar-refractivity contribution in [3.8, 4) is 0 Å². The average Bonchev–Trinajstić information content (AvgIpc) is 2.66. The molecule has 25 heavy (non-hydrogen) atoms. The molecule has 2 aliphatic rings. The number of aliphatic imine (C=N–C) groups is 1. The van der Waals surface area contributed by atoms with Crippen molar-refractivity contribution in [1.29, 1.82) is 0 Å². The largest absolute Gasteiger partial charge is 0.356 e. The molecule has 1 aromatic heterocycles. The van der Waals surface area contributed by atoms with E-state index in [0.29, 0.717) is 5.82 Å². The number of nitrogens with one attached hydrogen (secondary N) is 1. The second-order valence-electron chi connectivity index (χ2n) is 6.62. The van der Waals surface area contributed by atoms with Crippen molar-refractivity contribution in [1.82, 2.24) is 19.8 Å². The number of hydrogen-bond donors (Lipinski definition) is 1. The fourth-order valence-corrected chi connectivity index (χ4v) is 4.55. The van der Waals surface area contributed by atoms with Gasteiger partial charge in [-0.05, 0) is 30.3 Å². The Kier molecular flexibility index (Phi) is 6.23. The van der Waals surface area contributed by atoms with Gasteiger partial charge in [0.25, 0.3) is 5.56 Å². The van der Waals surface area contributed by atoms with Crippen LogP contribution in [0.3, 0.4) is 0 Å². The van der Waals surface area contributed by atoms with Crippen LogP contribution in [-0.2, 0) is 7.05 Å². The minimum atomic E-state index is -0.0337. The normalized spacial score (nSPS) is 20.0. The van der Waals surface area contributed by atoms with Crippen molar-refractivity contribution in [2.24, 2.45) is 18.0 Å². The molecule has 1 aromatic rings. The van der Waals surface area contributed by atoms with Gasteiger partial charge in [-0.3, -0.25) is 9.79 Å². The molecule has 0 saturated carbocycles. The summed E-state index contributed by atoms with van der Waals surface area (Å²) in [5.74, 6) is 4.85. The number of hydrogen-bond acceptors (Lipinski definition) is 5. The predicted molar refractivity (Wildman–Crippen MR) is 105 cm³/mol. The summed E-state index contributed by atoms with van der Waals surface area (Å²) in [5, 5.41) is 3.55. The molecule has 0 bridgehead atoms. The van der Waals surface area contributed by atoms with Crippen molar-refractivity contribution < 1.29 is 0 Å². The van der Waals surface area contributed by atoms with Crippen molar-refractivity contribution in [2.45, 2.75) is 12.8 Å². The smallest absolute Gasteiger partial charge is 0.293 e. The van der Waals surface area contributed by atoms with Gasteiger partial charge in [-0.15, -0.1) is 0 Å². The highest BCUT2D eigenvalue weighted by Crippen LogP contribution is 2.22. The molecular formula is C17H28N6OS. The summed E-state index contributed by atoms with van der Waals surface area (Å²) in [6, 6.07) is 0. The molecule has 3 heterocycles. The molecule has 7 nitrogen and oxygen atoms in total. The molecule has 8 heteroatoms. The Hall–Kier alpha value is -1.70. The number of guanidine groups is 1. The molecular weight excluding hydrogens is 336 g/mol.